The van der Waals surface area contributed by atoms with Crippen molar-refractivity contribution in [2.75, 3.05) is 7.05 Å². The molecule has 0 unspecified atom stereocenters. The minimum Gasteiger partial charge on any atom is -0.440 e. The summed E-state index contributed by atoms with van der Waals surface area (Å²) in [5, 5.41) is 3.02. The molecule has 2 aromatic rings. The number of oxazole rings is 1. The summed E-state index contributed by atoms with van der Waals surface area (Å²) in [6, 6.07) is 8.14. The van der Waals surface area contributed by atoms with Crippen LogP contribution in [-0.2, 0) is 6.54 Å². The summed E-state index contributed by atoms with van der Waals surface area (Å²) < 4.78 is 5.58. The molecule has 78 valence electrons. The highest BCUT2D eigenvalue weighted by atomic mass is 16.4. The van der Waals surface area contributed by atoms with Gasteiger partial charge in [0, 0.05) is 5.56 Å². The van der Waals surface area contributed by atoms with E-state index < -0.39 is 0 Å². The summed E-state index contributed by atoms with van der Waals surface area (Å²) in [4.78, 5) is 4.23. The number of hydrogen-bond acceptors (Lipinski definition) is 3. The van der Waals surface area contributed by atoms with E-state index in [1.165, 1.54) is 5.56 Å². The zero-order valence-electron chi connectivity index (χ0n) is 8.95. The summed E-state index contributed by atoms with van der Waals surface area (Å²) in [6.07, 6.45) is 1.76. The minimum absolute atomic E-state index is 0.681. The Morgan fingerprint density at radius 1 is 1.27 bits per heavy atom. The van der Waals surface area contributed by atoms with Gasteiger partial charge in [0.15, 0.2) is 0 Å². The van der Waals surface area contributed by atoms with E-state index in [0.29, 0.717) is 12.4 Å². The van der Waals surface area contributed by atoms with Crippen molar-refractivity contribution >= 4 is 0 Å². The molecule has 0 aliphatic carbocycles. The van der Waals surface area contributed by atoms with Crippen LogP contribution in [0.25, 0.3) is 11.5 Å². The second-order valence-electron chi connectivity index (χ2n) is 3.53. The maximum atomic E-state index is 5.58. The minimum atomic E-state index is 0.681. The topological polar surface area (TPSA) is 38.1 Å². The van der Waals surface area contributed by atoms with E-state index >= 15 is 0 Å². The third-order valence-electron chi connectivity index (χ3n) is 2.20. The SMILES string of the molecule is CNCc1cnc(-c2ccc(C)cc2)o1. The lowest BCUT2D eigenvalue weighted by molar-refractivity contribution is 0.503. The largest absolute Gasteiger partial charge is 0.440 e. The Morgan fingerprint density at radius 3 is 2.67 bits per heavy atom. The fourth-order valence-electron chi connectivity index (χ4n) is 1.39. The molecule has 0 fully saturated rings. The van der Waals surface area contributed by atoms with Crippen LogP contribution in [0.15, 0.2) is 34.9 Å². The molecule has 1 aromatic heterocycles. The molecule has 3 nitrogen and oxygen atoms in total. The van der Waals surface area contributed by atoms with Crippen LogP contribution in [0.4, 0.5) is 0 Å². The van der Waals surface area contributed by atoms with Crippen LogP contribution >= 0.6 is 0 Å². The van der Waals surface area contributed by atoms with Crippen LogP contribution in [0.1, 0.15) is 11.3 Å². The molecule has 0 radical (unpaired) electrons. The fraction of sp³-hybridized carbons (Fsp3) is 0.250. The average Bonchev–Trinajstić information content (AvgIpc) is 2.68. The highest BCUT2D eigenvalue weighted by Crippen LogP contribution is 2.19. The third kappa shape index (κ3) is 2.25. The van der Waals surface area contributed by atoms with E-state index in [1.54, 1.807) is 6.20 Å². The van der Waals surface area contributed by atoms with E-state index in [-0.39, 0.29) is 0 Å². The first-order chi connectivity index (χ1) is 7.29. The van der Waals surface area contributed by atoms with Gasteiger partial charge in [-0.3, -0.25) is 0 Å². The highest BCUT2D eigenvalue weighted by molar-refractivity contribution is 5.53. The Labute approximate surface area is 89.1 Å². The van der Waals surface area contributed by atoms with Crippen molar-refractivity contribution in [3.63, 3.8) is 0 Å². The van der Waals surface area contributed by atoms with E-state index in [4.69, 9.17) is 4.42 Å². The van der Waals surface area contributed by atoms with E-state index in [2.05, 4.69) is 29.4 Å². The quantitative estimate of drug-likeness (QED) is 0.830. The number of benzene rings is 1. The normalized spacial score (nSPS) is 10.5. The second kappa shape index (κ2) is 4.28. The van der Waals surface area contributed by atoms with Crippen molar-refractivity contribution < 1.29 is 4.42 Å². The third-order valence-corrected chi connectivity index (χ3v) is 2.20. The number of aryl methyl sites for hydroxylation is 1. The monoisotopic (exact) mass is 202 g/mol. The Kier molecular flexibility index (Phi) is 2.83. The summed E-state index contributed by atoms with van der Waals surface area (Å²) >= 11 is 0. The van der Waals surface area contributed by atoms with Crippen molar-refractivity contribution in [1.82, 2.24) is 10.3 Å². The molecule has 0 amide bonds. The predicted octanol–water partition coefficient (Wildman–Crippen LogP) is 2.37. The second-order valence-corrected chi connectivity index (χ2v) is 3.53. The number of nitrogens with one attached hydrogen (secondary N) is 1. The van der Waals surface area contributed by atoms with Crippen LogP contribution < -0.4 is 5.32 Å². The molecule has 1 aromatic carbocycles. The first-order valence-electron chi connectivity index (χ1n) is 4.96. The molecular formula is C12H14N2O. The maximum absolute atomic E-state index is 5.58. The summed E-state index contributed by atoms with van der Waals surface area (Å²) in [5.41, 5.74) is 2.25. The number of aromatic nitrogens is 1. The van der Waals surface area contributed by atoms with Gasteiger partial charge in [-0.2, -0.15) is 0 Å². The van der Waals surface area contributed by atoms with Crippen molar-refractivity contribution in [3.8, 4) is 11.5 Å². The molecule has 0 bridgehead atoms. The van der Waals surface area contributed by atoms with Gasteiger partial charge in [-0.05, 0) is 26.1 Å². The zero-order valence-corrected chi connectivity index (χ0v) is 8.95. The Balaban J connectivity index is 2.25. The molecule has 0 saturated carbocycles. The standard InChI is InChI=1S/C12H14N2O/c1-9-3-5-10(6-4-9)12-14-8-11(15-12)7-13-2/h3-6,8,13H,7H2,1-2H3. The summed E-state index contributed by atoms with van der Waals surface area (Å²) in [6.45, 7) is 2.77. The highest BCUT2D eigenvalue weighted by Gasteiger charge is 2.05. The molecule has 0 aliphatic heterocycles. The van der Waals surface area contributed by atoms with Gasteiger partial charge >= 0.3 is 0 Å². The lowest BCUT2D eigenvalue weighted by Crippen LogP contribution is -2.03. The number of nitrogens with zero attached hydrogens (tertiary/aromatic N) is 1. The van der Waals surface area contributed by atoms with Gasteiger partial charge in [-0.15, -0.1) is 0 Å². The van der Waals surface area contributed by atoms with Crippen LogP contribution in [-0.4, -0.2) is 12.0 Å². The smallest absolute Gasteiger partial charge is 0.226 e. The molecule has 0 saturated heterocycles. The average molecular weight is 202 g/mol. The zero-order chi connectivity index (χ0) is 10.7. The first kappa shape index (κ1) is 9.93. The van der Waals surface area contributed by atoms with Crippen LogP contribution in [0.2, 0.25) is 0 Å². The number of hydrogen-bond donors (Lipinski definition) is 1. The molecule has 0 atom stereocenters. The van der Waals surface area contributed by atoms with Crippen molar-refractivity contribution in [3.05, 3.63) is 41.8 Å². The maximum Gasteiger partial charge on any atom is 0.226 e. The van der Waals surface area contributed by atoms with Gasteiger partial charge in [0.1, 0.15) is 5.76 Å². The van der Waals surface area contributed by atoms with Gasteiger partial charge in [0.05, 0.1) is 12.7 Å². The lowest BCUT2D eigenvalue weighted by atomic mass is 10.1. The molecule has 1 heterocycles. The van der Waals surface area contributed by atoms with Crippen molar-refractivity contribution in [2.45, 2.75) is 13.5 Å². The molecule has 0 aliphatic rings. The molecule has 3 heteroatoms. The molecule has 15 heavy (non-hydrogen) atoms. The fourth-order valence-corrected chi connectivity index (χ4v) is 1.39. The van der Waals surface area contributed by atoms with Gasteiger partial charge < -0.3 is 9.73 Å². The van der Waals surface area contributed by atoms with Crippen LogP contribution in [0.3, 0.4) is 0 Å². The van der Waals surface area contributed by atoms with E-state index in [1.807, 2.05) is 19.2 Å². The number of rotatable bonds is 3. The summed E-state index contributed by atoms with van der Waals surface area (Å²) in [7, 11) is 1.88. The molecule has 2 rings (SSSR count). The summed E-state index contributed by atoms with van der Waals surface area (Å²) in [5.74, 6) is 1.54. The van der Waals surface area contributed by atoms with Crippen molar-refractivity contribution in [2.24, 2.45) is 0 Å². The van der Waals surface area contributed by atoms with E-state index in [9.17, 15) is 0 Å². The Hall–Kier alpha value is -1.61. The Morgan fingerprint density at radius 2 is 2.00 bits per heavy atom. The van der Waals surface area contributed by atoms with Gasteiger partial charge in [-0.1, -0.05) is 17.7 Å². The van der Waals surface area contributed by atoms with Gasteiger partial charge in [0.25, 0.3) is 0 Å². The van der Waals surface area contributed by atoms with Gasteiger partial charge in [-0.25, -0.2) is 4.98 Å². The van der Waals surface area contributed by atoms with Gasteiger partial charge in [0.2, 0.25) is 5.89 Å². The molecular weight excluding hydrogens is 188 g/mol. The van der Waals surface area contributed by atoms with Crippen molar-refractivity contribution in [1.29, 1.82) is 0 Å². The van der Waals surface area contributed by atoms with Crippen LogP contribution in [0, 0.1) is 6.92 Å². The Bertz CT molecular complexity index is 431. The molecule has 1 N–H and O–H groups in total. The lowest BCUT2D eigenvalue weighted by Gasteiger charge is -1.96. The molecule has 0 spiro atoms. The predicted molar refractivity (Wildman–Crippen MR) is 59.4 cm³/mol. The van der Waals surface area contributed by atoms with E-state index in [0.717, 1.165) is 11.3 Å². The first-order valence-corrected chi connectivity index (χ1v) is 4.96. The van der Waals surface area contributed by atoms with Crippen LogP contribution in [0.5, 0.6) is 0 Å².